The van der Waals surface area contributed by atoms with Crippen molar-refractivity contribution in [1.29, 1.82) is 0 Å². The second-order valence-corrected chi connectivity index (χ2v) is 2.96. The first-order valence-corrected chi connectivity index (χ1v) is 3.83. The highest BCUT2D eigenvalue weighted by Crippen LogP contribution is 2.28. The Kier molecular flexibility index (Phi) is 1.27. The van der Waals surface area contributed by atoms with E-state index < -0.39 is 0 Å². The molecule has 0 saturated heterocycles. The Morgan fingerprint density at radius 3 is 3.18 bits per heavy atom. The van der Waals surface area contributed by atoms with Gasteiger partial charge in [0, 0.05) is 13.6 Å². The van der Waals surface area contributed by atoms with Gasteiger partial charge in [0.15, 0.2) is 5.82 Å². The van der Waals surface area contributed by atoms with E-state index in [-0.39, 0.29) is 0 Å². The van der Waals surface area contributed by atoms with E-state index >= 15 is 0 Å². The Bertz CT molecular complexity index is 265. The van der Waals surface area contributed by atoms with Gasteiger partial charge in [0.1, 0.15) is 5.69 Å². The smallest absolute Gasteiger partial charge is 0.169 e. The fourth-order valence-corrected chi connectivity index (χ4v) is 1.59. The van der Waals surface area contributed by atoms with Gasteiger partial charge in [0.2, 0.25) is 0 Å². The maximum atomic E-state index is 5.67. The number of rotatable bonds is 0. The van der Waals surface area contributed by atoms with E-state index in [9.17, 15) is 0 Å². The molecule has 0 aliphatic carbocycles. The lowest BCUT2D eigenvalue weighted by Gasteiger charge is -2.23. The van der Waals surface area contributed by atoms with Crippen LogP contribution in [0.25, 0.3) is 0 Å². The van der Waals surface area contributed by atoms with Gasteiger partial charge in [0.05, 0.1) is 5.69 Å². The van der Waals surface area contributed by atoms with Crippen LogP contribution >= 0.6 is 0 Å². The highest BCUT2D eigenvalue weighted by atomic mass is 15.2. The third kappa shape index (κ3) is 0.859. The predicted molar refractivity (Wildman–Crippen MR) is 44.6 cm³/mol. The second-order valence-electron chi connectivity index (χ2n) is 2.96. The summed E-state index contributed by atoms with van der Waals surface area (Å²) in [5.41, 5.74) is 7.94. The largest absolute Gasteiger partial charge is 0.380 e. The van der Waals surface area contributed by atoms with Crippen LogP contribution in [0, 0.1) is 0 Å². The number of nitrogens with one attached hydrogen (secondary N) is 1. The molecule has 4 heteroatoms. The molecule has 0 radical (unpaired) electrons. The van der Waals surface area contributed by atoms with E-state index in [1.165, 1.54) is 12.1 Å². The summed E-state index contributed by atoms with van der Waals surface area (Å²) in [6.07, 6.45) is 2.26. The normalized spacial score (nSPS) is 16.6. The van der Waals surface area contributed by atoms with E-state index in [0.717, 1.165) is 18.7 Å². The number of anilines is 2. The molecule has 0 unspecified atom stereocenters. The Morgan fingerprint density at radius 2 is 2.45 bits per heavy atom. The minimum absolute atomic E-state index is 0.627. The fourth-order valence-electron chi connectivity index (χ4n) is 1.59. The van der Waals surface area contributed by atoms with Gasteiger partial charge >= 0.3 is 0 Å². The van der Waals surface area contributed by atoms with Crippen LogP contribution in [0.3, 0.4) is 0 Å². The van der Waals surface area contributed by atoms with Gasteiger partial charge in [-0.15, -0.1) is 0 Å². The molecule has 0 spiro atoms. The molecular weight excluding hydrogens is 140 g/mol. The van der Waals surface area contributed by atoms with Crippen molar-refractivity contribution in [2.45, 2.75) is 12.8 Å². The number of H-pyrrole nitrogens is 1. The molecule has 60 valence electrons. The summed E-state index contributed by atoms with van der Waals surface area (Å²) in [5.74, 6) is 0.627. The van der Waals surface area contributed by atoms with Gasteiger partial charge in [-0.2, -0.15) is 5.10 Å². The van der Waals surface area contributed by atoms with E-state index in [2.05, 4.69) is 15.1 Å². The van der Waals surface area contributed by atoms with Gasteiger partial charge < -0.3 is 10.6 Å². The van der Waals surface area contributed by atoms with Crippen molar-refractivity contribution in [3.05, 3.63) is 5.69 Å². The summed E-state index contributed by atoms with van der Waals surface area (Å²) in [6.45, 7) is 1.08. The summed E-state index contributed by atoms with van der Waals surface area (Å²) < 4.78 is 0. The van der Waals surface area contributed by atoms with Crippen molar-refractivity contribution in [2.24, 2.45) is 0 Å². The third-order valence-corrected chi connectivity index (χ3v) is 2.14. The molecule has 3 N–H and O–H groups in total. The molecule has 0 amide bonds. The highest BCUT2D eigenvalue weighted by Gasteiger charge is 2.18. The monoisotopic (exact) mass is 152 g/mol. The molecule has 2 rings (SSSR count). The van der Waals surface area contributed by atoms with Crippen molar-refractivity contribution in [3.8, 4) is 0 Å². The quantitative estimate of drug-likeness (QED) is 0.565. The molecule has 0 atom stereocenters. The second kappa shape index (κ2) is 2.15. The number of nitrogens with two attached hydrogens (primary N) is 1. The van der Waals surface area contributed by atoms with Crippen molar-refractivity contribution >= 4 is 11.5 Å². The zero-order valence-corrected chi connectivity index (χ0v) is 6.59. The predicted octanol–water partition coefficient (Wildman–Crippen LogP) is 0.374. The van der Waals surface area contributed by atoms with Crippen LogP contribution in [-0.4, -0.2) is 23.8 Å². The van der Waals surface area contributed by atoms with Gasteiger partial charge in [0.25, 0.3) is 0 Å². The van der Waals surface area contributed by atoms with Crippen LogP contribution in [0.15, 0.2) is 0 Å². The minimum Gasteiger partial charge on any atom is -0.380 e. The number of hydrogen-bond donors (Lipinski definition) is 2. The molecule has 2 heterocycles. The molecule has 11 heavy (non-hydrogen) atoms. The first-order chi connectivity index (χ1) is 5.29. The van der Waals surface area contributed by atoms with Crippen LogP contribution < -0.4 is 10.6 Å². The average molecular weight is 152 g/mol. The molecular formula is C7H12N4. The number of nitrogen functional groups attached to an aromatic ring is 1. The van der Waals surface area contributed by atoms with E-state index in [4.69, 9.17) is 5.73 Å². The lowest BCUT2D eigenvalue weighted by molar-refractivity contribution is 0.730. The molecule has 1 aromatic heterocycles. The maximum absolute atomic E-state index is 5.67. The molecule has 1 aromatic rings. The van der Waals surface area contributed by atoms with Crippen LogP contribution in [0.5, 0.6) is 0 Å². The summed E-state index contributed by atoms with van der Waals surface area (Å²) in [5, 5.41) is 6.90. The molecule has 0 fully saturated rings. The fraction of sp³-hybridized carbons (Fsp3) is 0.571. The van der Waals surface area contributed by atoms with Crippen LogP contribution in [-0.2, 0) is 6.42 Å². The maximum Gasteiger partial charge on any atom is 0.169 e. The zero-order chi connectivity index (χ0) is 7.84. The van der Waals surface area contributed by atoms with Crippen LogP contribution in [0.1, 0.15) is 12.1 Å². The Labute approximate surface area is 65.4 Å². The minimum atomic E-state index is 0.627. The van der Waals surface area contributed by atoms with E-state index in [1.807, 2.05) is 7.05 Å². The number of nitrogens with zero attached hydrogens (tertiary/aromatic N) is 2. The van der Waals surface area contributed by atoms with Gasteiger partial charge in [-0.25, -0.2) is 0 Å². The zero-order valence-electron chi connectivity index (χ0n) is 6.59. The Balaban J connectivity index is 2.48. The number of fused-ring (bicyclic) bond motifs is 1. The number of aryl methyl sites for hydroxylation is 1. The lowest BCUT2D eigenvalue weighted by atomic mass is 10.1. The van der Waals surface area contributed by atoms with Crippen LogP contribution in [0.4, 0.5) is 11.5 Å². The van der Waals surface area contributed by atoms with E-state index in [0.29, 0.717) is 5.82 Å². The van der Waals surface area contributed by atoms with Gasteiger partial charge in [-0.3, -0.25) is 5.10 Å². The molecule has 0 saturated carbocycles. The summed E-state index contributed by atoms with van der Waals surface area (Å²) >= 11 is 0. The van der Waals surface area contributed by atoms with Crippen molar-refractivity contribution < 1.29 is 0 Å². The SMILES string of the molecule is CN1CCCc2[nH]nc(N)c21. The van der Waals surface area contributed by atoms with Gasteiger partial charge in [-0.05, 0) is 12.8 Å². The van der Waals surface area contributed by atoms with E-state index in [1.54, 1.807) is 0 Å². The first kappa shape index (κ1) is 6.52. The number of aromatic nitrogens is 2. The third-order valence-electron chi connectivity index (χ3n) is 2.14. The molecule has 0 bridgehead atoms. The summed E-state index contributed by atoms with van der Waals surface area (Å²) in [7, 11) is 2.05. The highest BCUT2D eigenvalue weighted by molar-refractivity contribution is 5.67. The summed E-state index contributed by atoms with van der Waals surface area (Å²) in [6, 6.07) is 0. The number of hydrogen-bond acceptors (Lipinski definition) is 3. The average Bonchev–Trinajstić information content (AvgIpc) is 2.34. The molecule has 1 aliphatic rings. The first-order valence-electron chi connectivity index (χ1n) is 3.83. The van der Waals surface area contributed by atoms with Crippen molar-refractivity contribution in [3.63, 3.8) is 0 Å². The summed E-state index contributed by atoms with van der Waals surface area (Å²) in [4.78, 5) is 2.15. The molecule has 1 aliphatic heterocycles. The van der Waals surface area contributed by atoms with Crippen LogP contribution in [0.2, 0.25) is 0 Å². The molecule has 0 aromatic carbocycles. The Morgan fingerprint density at radius 1 is 1.64 bits per heavy atom. The lowest BCUT2D eigenvalue weighted by Crippen LogP contribution is -2.24. The topological polar surface area (TPSA) is 57.9 Å². The van der Waals surface area contributed by atoms with Gasteiger partial charge in [-0.1, -0.05) is 0 Å². The standard InChI is InChI=1S/C7H12N4/c1-11-4-2-3-5-6(11)7(8)10-9-5/h2-4H2,1H3,(H3,8,9,10). The number of aromatic amines is 1. The Hall–Kier alpha value is -1.19. The van der Waals surface area contributed by atoms with Crippen molar-refractivity contribution in [2.75, 3.05) is 24.2 Å². The molecule has 4 nitrogen and oxygen atoms in total. The van der Waals surface area contributed by atoms with Crippen molar-refractivity contribution in [1.82, 2.24) is 10.2 Å².